The molecule has 0 fully saturated rings. The van der Waals surface area contributed by atoms with Crippen LogP contribution in [-0.4, -0.2) is 55.9 Å². The van der Waals surface area contributed by atoms with E-state index in [1.807, 2.05) is 0 Å². The molecule has 0 saturated heterocycles. The molecule has 0 aliphatic carbocycles. The quantitative estimate of drug-likeness (QED) is 0.308. The Morgan fingerprint density at radius 2 is 0.615 bits per heavy atom. The summed E-state index contributed by atoms with van der Waals surface area (Å²) in [7, 11) is -5.17. The third kappa shape index (κ3) is 132000. The molecule has 0 aromatic carbocycles. The van der Waals surface area contributed by atoms with Crippen molar-refractivity contribution in [2.24, 2.45) is 0 Å². The molecular formula is H14CoO11S-2. The van der Waals surface area contributed by atoms with Gasteiger partial charge in [0.15, 0.2) is 0 Å². The van der Waals surface area contributed by atoms with Gasteiger partial charge in [-0.25, -0.2) is 0 Å². The Bertz CT molecular complexity index is 93.3. The summed E-state index contributed by atoms with van der Waals surface area (Å²) in [5.41, 5.74) is 0. The van der Waals surface area contributed by atoms with Gasteiger partial charge in [-0.15, -0.1) is 0 Å². The molecule has 14 N–H and O–H groups in total. The standard InChI is InChI=1S/Co.H2O4S.7H2O/c;1-5(2,3)4;;;;;;;/h;(H2,1,2,3,4);7*1H2/p-2. The van der Waals surface area contributed by atoms with E-state index in [4.69, 9.17) is 17.5 Å². The third-order valence-corrected chi connectivity index (χ3v) is 0. The molecule has 0 amide bonds. The molecule has 0 aliphatic rings. The first kappa shape index (κ1) is 114. The fraction of sp³-hybridized carbons (Fsp3) is 0. The molecule has 97 valence electrons. The van der Waals surface area contributed by atoms with Gasteiger partial charge in [0, 0.05) is 27.2 Å². The van der Waals surface area contributed by atoms with Crippen LogP contribution in [0.5, 0.6) is 0 Å². The van der Waals surface area contributed by atoms with E-state index in [2.05, 4.69) is 0 Å². The smallest absolute Gasteiger partial charge is 0.0311 e. The average molecular weight is 281 g/mol. The summed E-state index contributed by atoms with van der Waals surface area (Å²) in [4.78, 5) is 0. The Kier molecular flexibility index (Phi) is 352. The van der Waals surface area contributed by atoms with Gasteiger partial charge in [-0.3, -0.25) is 8.42 Å². The normalized spacial score (nSPS) is 4.46. The number of hydrogen-bond donors (Lipinski definition) is 0. The van der Waals surface area contributed by atoms with Crippen molar-refractivity contribution in [2.75, 3.05) is 0 Å². The van der Waals surface area contributed by atoms with E-state index < -0.39 is 10.4 Å². The summed E-state index contributed by atoms with van der Waals surface area (Å²) < 4.78 is 34.1. The van der Waals surface area contributed by atoms with Crippen molar-refractivity contribution in [2.45, 2.75) is 0 Å². The summed E-state index contributed by atoms with van der Waals surface area (Å²) in [5, 5.41) is 0. The Labute approximate surface area is 83.7 Å². The van der Waals surface area contributed by atoms with Crippen LogP contribution in [-0.2, 0) is 27.2 Å². The van der Waals surface area contributed by atoms with Crippen LogP contribution in [0, 0.1) is 0 Å². The fourth-order valence-corrected chi connectivity index (χ4v) is 0. The molecule has 0 atom stereocenters. The molecule has 0 heterocycles. The zero-order valence-electron chi connectivity index (χ0n) is 5.87. The second-order valence-corrected chi connectivity index (χ2v) is 1.22. The molecule has 0 aromatic heterocycles. The van der Waals surface area contributed by atoms with Gasteiger partial charge in [0.05, 0.1) is 0 Å². The van der Waals surface area contributed by atoms with Gasteiger partial charge in [-0.1, -0.05) is 0 Å². The van der Waals surface area contributed by atoms with Gasteiger partial charge in [0.1, 0.15) is 0 Å². The molecule has 0 spiro atoms. The zero-order valence-corrected chi connectivity index (χ0v) is 7.73. The van der Waals surface area contributed by atoms with Crippen LogP contribution in [0.2, 0.25) is 0 Å². The van der Waals surface area contributed by atoms with Gasteiger partial charge >= 0.3 is 0 Å². The molecule has 0 unspecified atom stereocenters. The van der Waals surface area contributed by atoms with Crippen molar-refractivity contribution in [3.8, 4) is 0 Å². The van der Waals surface area contributed by atoms with Gasteiger partial charge < -0.3 is 47.4 Å². The molecule has 0 rings (SSSR count). The molecule has 13 heteroatoms. The van der Waals surface area contributed by atoms with E-state index in [0.29, 0.717) is 0 Å². The van der Waals surface area contributed by atoms with Crippen molar-refractivity contribution in [1.82, 2.24) is 0 Å². The topological polar surface area (TPSA) is 301 Å². The van der Waals surface area contributed by atoms with Crippen molar-refractivity contribution >= 4 is 10.4 Å². The molecule has 1 radical (unpaired) electrons. The van der Waals surface area contributed by atoms with Gasteiger partial charge in [-0.2, -0.15) is 0 Å². The van der Waals surface area contributed by atoms with Crippen LogP contribution in [0.3, 0.4) is 0 Å². The van der Waals surface area contributed by atoms with Gasteiger partial charge in [-0.05, 0) is 0 Å². The fourth-order valence-electron chi connectivity index (χ4n) is 0. The number of rotatable bonds is 0. The van der Waals surface area contributed by atoms with Crippen molar-refractivity contribution in [3.05, 3.63) is 0 Å². The minimum absolute atomic E-state index is 0. The zero-order chi connectivity index (χ0) is 4.50. The van der Waals surface area contributed by atoms with Gasteiger partial charge in [0.25, 0.3) is 0 Å². The van der Waals surface area contributed by atoms with E-state index >= 15 is 0 Å². The predicted octanol–water partition coefficient (Wildman–Crippen LogP) is -7.11. The van der Waals surface area contributed by atoms with E-state index in [-0.39, 0.29) is 55.1 Å². The third-order valence-electron chi connectivity index (χ3n) is 0. The Balaban J connectivity index is -0.00000000286. The van der Waals surface area contributed by atoms with Crippen LogP contribution < -0.4 is 0 Å². The maximum atomic E-state index is 8.52. The molecule has 0 aliphatic heterocycles. The first-order chi connectivity index (χ1) is 2.00. The monoisotopic (exact) mass is 281 g/mol. The molecule has 0 saturated carbocycles. The van der Waals surface area contributed by atoms with E-state index in [9.17, 15) is 0 Å². The first-order valence-corrected chi connectivity index (χ1v) is 2.00. The minimum atomic E-state index is -5.17. The van der Waals surface area contributed by atoms with Crippen LogP contribution >= 0.6 is 0 Å². The Morgan fingerprint density at radius 3 is 0.615 bits per heavy atom. The van der Waals surface area contributed by atoms with E-state index in [1.54, 1.807) is 0 Å². The van der Waals surface area contributed by atoms with Crippen LogP contribution in [0.15, 0.2) is 0 Å². The summed E-state index contributed by atoms with van der Waals surface area (Å²) in [6, 6.07) is 0. The summed E-state index contributed by atoms with van der Waals surface area (Å²) in [5.74, 6) is 0. The SMILES string of the molecule is O.O.O.O.O.O.O.O=S(=O)([O-])[O-].[Co]. The summed E-state index contributed by atoms with van der Waals surface area (Å²) in [6.45, 7) is 0. The minimum Gasteiger partial charge on any atom is -0.759 e. The average Bonchev–Trinajstić information content (AvgIpc) is 0.722. The predicted molar refractivity (Wildman–Crippen MR) is 35.8 cm³/mol. The van der Waals surface area contributed by atoms with Crippen molar-refractivity contribution in [3.63, 3.8) is 0 Å². The van der Waals surface area contributed by atoms with E-state index in [0.717, 1.165) is 0 Å². The van der Waals surface area contributed by atoms with E-state index in [1.165, 1.54) is 0 Å². The Hall–Kier alpha value is 0.0965. The van der Waals surface area contributed by atoms with Crippen molar-refractivity contribution < 1.29 is 72.6 Å². The van der Waals surface area contributed by atoms with Gasteiger partial charge in [0.2, 0.25) is 0 Å². The largest absolute Gasteiger partial charge is 0.759 e. The molecular weight excluding hydrogens is 267 g/mol. The van der Waals surface area contributed by atoms with Crippen LogP contribution in [0.1, 0.15) is 0 Å². The second-order valence-electron chi connectivity index (χ2n) is 0.408. The molecule has 13 heavy (non-hydrogen) atoms. The molecule has 11 nitrogen and oxygen atoms in total. The maximum absolute atomic E-state index is 8.52. The van der Waals surface area contributed by atoms with Crippen LogP contribution in [0.4, 0.5) is 0 Å². The summed E-state index contributed by atoms with van der Waals surface area (Å²) in [6.07, 6.45) is 0. The van der Waals surface area contributed by atoms with Crippen molar-refractivity contribution in [1.29, 1.82) is 0 Å². The maximum Gasteiger partial charge on any atom is 0.0311 e. The first-order valence-electron chi connectivity index (χ1n) is 0.667. The second kappa shape index (κ2) is 40.1. The number of hydrogen-bond acceptors (Lipinski definition) is 4. The summed E-state index contributed by atoms with van der Waals surface area (Å²) >= 11 is 0. The molecule has 0 aromatic rings. The molecule has 0 bridgehead atoms. The Morgan fingerprint density at radius 1 is 0.615 bits per heavy atom. The van der Waals surface area contributed by atoms with Crippen LogP contribution in [0.25, 0.3) is 0 Å².